The summed E-state index contributed by atoms with van der Waals surface area (Å²) in [5.41, 5.74) is 1.42. The number of nitro groups is 1. The van der Waals surface area contributed by atoms with E-state index in [-0.39, 0.29) is 11.6 Å². The number of benzene rings is 2. The third-order valence-corrected chi connectivity index (χ3v) is 3.95. The maximum atomic E-state index is 12.0. The van der Waals surface area contributed by atoms with Gasteiger partial charge in [0.1, 0.15) is 5.69 Å². The summed E-state index contributed by atoms with van der Waals surface area (Å²) in [6, 6.07) is 12.0. The predicted molar refractivity (Wildman–Crippen MR) is 102 cm³/mol. The van der Waals surface area contributed by atoms with Crippen LogP contribution < -0.4 is 20.1 Å². The lowest BCUT2D eigenvalue weighted by Crippen LogP contribution is -2.29. The molecule has 2 aromatic carbocycles. The maximum absolute atomic E-state index is 12.0. The summed E-state index contributed by atoms with van der Waals surface area (Å²) >= 11 is 0. The van der Waals surface area contributed by atoms with E-state index in [1.165, 1.54) is 6.07 Å². The molecule has 0 saturated carbocycles. The maximum Gasteiger partial charge on any atom is 0.292 e. The van der Waals surface area contributed by atoms with E-state index in [1.54, 1.807) is 32.4 Å². The van der Waals surface area contributed by atoms with Crippen molar-refractivity contribution in [2.75, 3.05) is 32.6 Å². The van der Waals surface area contributed by atoms with E-state index >= 15 is 0 Å². The first-order valence-corrected chi connectivity index (χ1v) is 8.50. The molecule has 0 aliphatic carbocycles. The Labute approximate surface area is 157 Å². The normalized spacial score (nSPS) is 10.1. The molecule has 0 aliphatic rings. The van der Waals surface area contributed by atoms with Crippen LogP contribution in [0, 0.1) is 10.1 Å². The molecule has 27 heavy (non-hydrogen) atoms. The SMILES string of the molecule is COc1ccc(CCC(=O)NCCNc2ccccc2[N+](=O)[O-])cc1OC. The zero-order chi connectivity index (χ0) is 19.6. The molecule has 2 aromatic rings. The van der Waals surface area contributed by atoms with E-state index in [1.807, 2.05) is 18.2 Å². The molecule has 0 fully saturated rings. The summed E-state index contributed by atoms with van der Waals surface area (Å²) in [6.45, 7) is 0.768. The van der Waals surface area contributed by atoms with Crippen molar-refractivity contribution in [1.29, 1.82) is 0 Å². The number of anilines is 1. The van der Waals surface area contributed by atoms with Crippen molar-refractivity contribution in [2.24, 2.45) is 0 Å². The summed E-state index contributed by atoms with van der Waals surface area (Å²) in [4.78, 5) is 22.5. The number of nitro benzene ring substituents is 1. The van der Waals surface area contributed by atoms with Gasteiger partial charge in [0.05, 0.1) is 19.1 Å². The second-order valence-electron chi connectivity index (χ2n) is 5.74. The molecule has 0 heterocycles. The van der Waals surface area contributed by atoms with Crippen LogP contribution in [-0.4, -0.2) is 38.1 Å². The standard InChI is InChI=1S/C19H23N3O5/c1-26-17-9-7-14(13-18(17)27-2)8-10-19(23)21-12-11-20-15-5-3-4-6-16(15)22(24)25/h3-7,9,13,20H,8,10-12H2,1-2H3,(H,21,23). The summed E-state index contributed by atoms with van der Waals surface area (Å²) < 4.78 is 10.4. The van der Waals surface area contributed by atoms with Gasteiger partial charge in [-0.1, -0.05) is 18.2 Å². The second kappa shape index (κ2) is 10.0. The monoisotopic (exact) mass is 373 g/mol. The molecule has 0 aliphatic heterocycles. The molecule has 2 N–H and O–H groups in total. The molecule has 0 bridgehead atoms. The number of rotatable bonds is 10. The van der Waals surface area contributed by atoms with Gasteiger partial charge in [-0.25, -0.2) is 0 Å². The van der Waals surface area contributed by atoms with E-state index in [0.29, 0.717) is 43.1 Å². The second-order valence-corrected chi connectivity index (χ2v) is 5.74. The van der Waals surface area contributed by atoms with Crippen molar-refractivity contribution in [3.63, 3.8) is 0 Å². The smallest absolute Gasteiger partial charge is 0.292 e. The lowest BCUT2D eigenvalue weighted by molar-refractivity contribution is -0.384. The van der Waals surface area contributed by atoms with Crippen molar-refractivity contribution >= 4 is 17.3 Å². The van der Waals surface area contributed by atoms with Crippen LogP contribution in [0.25, 0.3) is 0 Å². The van der Waals surface area contributed by atoms with Gasteiger partial charge in [-0.3, -0.25) is 14.9 Å². The fraction of sp³-hybridized carbons (Fsp3) is 0.316. The summed E-state index contributed by atoms with van der Waals surface area (Å²) in [5, 5.41) is 16.7. The molecular formula is C19H23N3O5. The topological polar surface area (TPSA) is 103 Å². The van der Waals surface area contributed by atoms with Gasteiger partial charge in [0.15, 0.2) is 11.5 Å². The van der Waals surface area contributed by atoms with Crippen LogP contribution in [0.5, 0.6) is 11.5 Å². The minimum Gasteiger partial charge on any atom is -0.493 e. The first-order chi connectivity index (χ1) is 13.0. The molecule has 1 amide bonds. The van der Waals surface area contributed by atoms with E-state index in [0.717, 1.165) is 5.56 Å². The van der Waals surface area contributed by atoms with Crippen LogP contribution in [0.3, 0.4) is 0 Å². The van der Waals surface area contributed by atoms with Gasteiger partial charge in [-0.05, 0) is 30.2 Å². The number of hydrogen-bond donors (Lipinski definition) is 2. The van der Waals surface area contributed by atoms with E-state index in [9.17, 15) is 14.9 Å². The molecule has 0 unspecified atom stereocenters. The largest absolute Gasteiger partial charge is 0.493 e. The number of nitrogens with one attached hydrogen (secondary N) is 2. The molecule has 8 heteroatoms. The van der Waals surface area contributed by atoms with E-state index < -0.39 is 4.92 Å². The van der Waals surface area contributed by atoms with Crippen molar-refractivity contribution in [1.82, 2.24) is 5.32 Å². The van der Waals surface area contributed by atoms with Crippen LogP contribution in [-0.2, 0) is 11.2 Å². The number of amides is 1. The molecule has 0 spiro atoms. The minimum absolute atomic E-state index is 0.0114. The number of nitrogens with zero attached hydrogens (tertiary/aromatic N) is 1. The Kier molecular flexibility index (Phi) is 7.42. The van der Waals surface area contributed by atoms with Gasteiger partial charge in [-0.15, -0.1) is 0 Å². The quantitative estimate of drug-likeness (QED) is 0.377. The summed E-state index contributed by atoms with van der Waals surface area (Å²) in [7, 11) is 3.14. The Hall–Kier alpha value is -3.29. The summed E-state index contributed by atoms with van der Waals surface area (Å²) in [6.07, 6.45) is 0.907. The molecule has 0 atom stereocenters. The Morgan fingerprint density at radius 1 is 1.07 bits per heavy atom. The molecule has 0 saturated heterocycles. The predicted octanol–water partition coefficient (Wildman–Crippen LogP) is 2.77. The summed E-state index contributed by atoms with van der Waals surface area (Å²) in [5.74, 6) is 1.19. The number of ether oxygens (including phenoxy) is 2. The molecule has 8 nitrogen and oxygen atoms in total. The zero-order valence-corrected chi connectivity index (χ0v) is 15.4. The first kappa shape index (κ1) is 20.0. The van der Waals surface area contributed by atoms with Gasteiger partial charge in [0.25, 0.3) is 5.69 Å². The Morgan fingerprint density at radius 3 is 2.52 bits per heavy atom. The van der Waals surface area contributed by atoms with Crippen molar-refractivity contribution in [3.05, 3.63) is 58.1 Å². The van der Waals surface area contributed by atoms with Crippen molar-refractivity contribution in [2.45, 2.75) is 12.8 Å². The highest BCUT2D eigenvalue weighted by molar-refractivity contribution is 5.76. The number of carbonyl (C=O) groups excluding carboxylic acids is 1. The van der Waals surface area contributed by atoms with Gasteiger partial charge in [0, 0.05) is 25.6 Å². The highest BCUT2D eigenvalue weighted by atomic mass is 16.6. The molecule has 0 aromatic heterocycles. The first-order valence-electron chi connectivity index (χ1n) is 8.50. The van der Waals surface area contributed by atoms with E-state index in [4.69, 9.17) is 9.47 Å². The Morgan fingerprint density at radius 2 is 1.81 bits per heavy atom. The molecule has 144 valence electrons. The number of aryl methyl sites for hydroxylation is 1. The minimum atomic E-state index is -0.440. The third kappa shape index (κ3) is 5.88. The number of hydrogen-bond acceptors (Lipinski definition) is 6. The fourth-order valence-electron chi connectivity index (χ4n) is 2.56. The number of methoxy groups -OCH3 is 2. The zero-order valence-electron chi connectivity index (χ0n) is 15.4. The Balaban J connectivity index is 1.75. The van der Waals surface area contributed by atoms with Gasteiger partial charge < -0.3 is 20.1 Å². The third-order valence-electron chi connectivity index (χ3n) is 3.95. The van der Waals surface area contributed by atoms with Crippen LogP contribution in [0.4, 0.5) is 11.4 Å². The van der Waals surface area contributed by atoms with E-state index in [2.05, 4.69) is 10.6 Å². The Bertz CT molecular complexity index is 795. The average molecular weight is 373 g/mol. The fourth-order valence-corrected chi connectivity index (χ4v) is 2.56. The molecule has 2 rings (SSSR count). The van der Waals surface area contributed by atoms with Gasteiger partial charge in [-0.2, -0.15) is 0 Å². The highest BCUT2D eigenvalue weighted by Crippen LogP contribution is 2.28. The van der Waals surface area contributed by atoms with Crippen molar-refractivity contribution in [3.8, 4) is 11.5 Å². The van der Waals surface area contributed by atoms with Crippen LogP contribution >= 0.6 is 0 Å². The van der Waals surface area contributed by atoms with Crippen molar-refractivity contribution < 1.29 is 19.2 Å². The average Bonchev–Trinajstić information content (AvgIpc) is 2.69. The molecule has 0 radical (unpaired) electrons. The van der Waals surface area contributed by atoms with Crippen LogP contribution in [0.15, 0.2) is 42.5 Å². The lowest BCUT2D eigenvalue weighted by Gasteiger charge is -2.10. The van der Waals surface area contributed by atoms with Crippen LogP contribution in [0.1, 0.15) is 12.0 Å². The number of carbonyl (C=O) groups is 1. The molecular weight excluding hydrogens is 350 g/mol. The van der Waals surface area contributed by atoms with Crippen LogP contribution in [0.2, 0.25) is 0 Å². The lowest BCUT2D eigenvalue weighted by atomic mass is 10.1. The number of para-hydroxylation sites is 2. The highest BCUT2D eigenvalue weighted by Gasteiger charge is 2.11. The van der Waals surface area contributed by atoms with Gasteiger partial charge in [0.2, 0.25) is 5.91 Å². The van der Waals surface area contributed by atoms with Gasteiger partial charge >= 0.3 is 0 Å².